The third-order valence-electron chi connectivity index (χ3n) is 5.77. The Kier molecular flexibility index (Phi) is 7.53. The number of fused-ring (bicyclic) bond motifs is 1. The van der Waals surface area contributed by atoms with E-state index in [2.05, 4.69) is 0 Å². The Labute approximate surface area is 222 Å². The predicted octanol–water partition coefficient (Wildman–Crippen LogP) is 7.53. The van der Waals surface area contributed by atoms with Gasteiger partial charge >= 0.3 is 12.1 Å². The lowest BCUT2D eigenvalue weighted by Gasteiger charge is -2.19. The highest BCUT2D eigenvalue weighted by Gasteiger charge is 2.40. The van der Waals surface area contributed by atoms with Crippen molar-refractivity contribution >= 4 is 23.0 Å². The van der Waals surface area contributed by atoms with Crippen LogP contribution in [0.4, 0.5) is 13.2 Å². The summed E-state index contributed by atoms with van der Waals surface area (Å²) in [6, 6.07) is 16.9. The smallest absolute Gasteiger partial charge is 0.453 e. The van der Waals surface area contributed by atoms with E-state index in [0.717, 1.165) is 17.7 Å². The van der Waals surface area contributed by atoms with Crippen molar-refractivity contribution in [1.29, 1.82) is 0 Å². The topological polar surface area (TPSA) is 75.0 Å². The molecule has 0 saturated carbocycles. The van der Waals surface area contributed by atoms with Crippen molar-refractivity contribution in [3.05, 3.63) is 99.9 Å². The van der Waals surface area contributed by atoms with Gasteiger partial charge in [0.15, 0.2) is 0 Å². The number of rotatable bonds is 6. The maximum Gasteiger partial charge on any atom is 0.453 e. The number of halogens is 3. The summed E-state index contributed by atoms with van der Waals surface area (Å²) in [6.45, 7) is 5.97. The minimum atomic E-state index is -5.03. The fourth-order valence-corrected chi connectivity index (χ4v) is 3.67. The van der Waals surface area contributed by atoms with E-state index in [9.17, 15) is 22.8 Å². The maximum absolute atomic E-state index is 13.9. The molecule has 6 nitrogen and oxygen atoms in total. The Balaban J connectivity index is 1.62. The summed E-state index contributed by atoms with van der Waals surface area (Å²) in [4.78, 5) is 25.3. The second kappa shape index (κ2) is 10.7. The predicted molar refractivity (Wildman–Crippen MR) is 140 cm³/mol. The van der Waals surface area contributed by atoms with Gasteiger partial charge in [-0.15, -0.1) is 0 Å². The monoisotopic (exact) mass is 538 g/mol. The van der Waals surface area contributed by atoms with Gasteiger partial charge in [-0.2, -0.15) is 13.2 Å². The number of ether oxygens (including phenoxy) is 3. The van der Waals surface area contributed by atoms with Crippen molar-refractivity contribution in [3.63, 3.8) is 0 Å². The molecule has 0 aliphatic carbocycles. The molecule has 0 spiro atoms. The zero-order valence-corrected chi connectivity index (χ0v) is 21.6. The van der Waals surface area contributed by atoms with Crippen LogP contribution in [0, 0.1) is 0 Å². The molecule has 202 valence electrons. The normalized spacial score (nSPS) is 12.1. The van der Waals surface area contributed by atoms with Gasteiger partial charge in [0.05, 0.1) is 12.5 Å². The number of hydrogen-bond donors (Lipinski definition) is 0. The summed E-state index contributed by atoms with van der Waals surface area (Å²) in [5, 5.41) is -0.169. The molecule has 4 aromatic rings. The highest BCUT2D eigenvalue weighted by Crippen LogP contribution is 2.39. The van der Waals surface area contributed by atoms with Crippen LogP contribution in [0.15, 0.2) is 82.0 Å². The van der Waals surface area contributed by atoms with Crippen molar-refractivity contribution in [2.75, 3.05) is 7.11 Å². The molecule has 39 heavy (non-hydrogen) atoms. The van der Waals surface area contributed by atoms with Crippen LogP contribution in [0.5, 0.6) is 23.0 Å². The molecule has 3 aromatic carbocycles. The van der Waals surface area contributed by atoms with Crippen LogP contribution in [-0.4, -0.2) is 13.1 Å². The molecule has 0 atom stereocenters. The molecular formula is C30H25F3O6. The minimum absolute atomic E-state index is 0.0503. The van der Waals surface area contributed by atoms with Crippen LogP contribution in [-0.2, 0) is 16.4 Å². The third kappa shape index (κ3) is 6.49. The Hall–Kier alpha value is -4.53. The molecule has 0 radical (unpaired) electrons. The van der Waals surface area contributed by atoms with Crippen LogP contribution in [0.3, 0.4) is 0 Å². The van der Waals surface area contributed by atoms with Crippen molar-refractivity contribution in [2.45, 2.75) is 32.4 Å². The molecule has 0 saturated heterocycles. The Morgan fingerprint density at radius 3 is 2.08 bits per heavy atom. The zero-order chi connectivity index (χ0) is 28.4. The largest absolute Gasteiger partial charge is 0.497 e. The standard InChI is InChI=1S/C30H25F3O6/c1-29(2,3)19-8-12-21(13-9-19)38-27-26(35)23-15-14-22(17-24(23)39-28(27)30(31,32)33)37-25(34)16-7-18-5-10-20(36-4)11-6-18/h5-17H,1-4H3/b16-7+. The number of alkyl halides is 3. The molecular weight excluding hydrogens is 513 g/mol. The summed E-state index contributed by atoms with van der Waals surface area (Å²) in [5.41, 5.74) is 0.0440. The van der Waals surface area contributed by atoms with Gasteiger partial charge in [-0.3, -0.25) is 4.79 Å². The number of methoxy groups -OCH3 is 1. The van der Waals surface area contributed by atoms with E-state index in [0.29, 0.717) is 11.3 Å². The molecule has 0 unspecified atom stereocenters. The summed E-state index contributed by atoms with van der Waals surface area (Å²) in [6.07, 6.45) is -2.37. The molecule has 0 amide bonds. The second-order valence-electron chi connectivity index (χ2n) is 9.65. The fourth-order valence-electron chi connectivity index (χ4n) is 3.67. The SMILES string of the molecule is COc1ccc(/C=C/C(=O)Oc2ccc3c(=O)c(Oc4ccc(C(C)(C)C)cc4)c(C(F)(F)F)oc3c2)cc1. The molecule has 0 aliphatic heterocycles. The van der Waals surface area contributed by atoms with Crippen LogP contribution in [0.25, 0.3) is 17.0 Å². The molecule has 4 rings (SSSR count). The maximum atomic E-state index is 13.9. The van der Waals surface area contributed by atoms with Crippen molar-refractivity contribution in [1.82, 2.24) is 0 Å². The van der Waals surface area contributed by atoms with Gasteiger partial charge in [-0.25, -0.2) is 4.79 Å². The first-order chi connectivity index (χ1) is 18.3. The van der Waals surface area contributed by atoms with Gasteiger partial charge < -0.3 is 18.6 Å². The van der Waals surface area contributed by atoms with Crippen LogP contribution in [0.2, 0.25) is 0 Å². The van der Waals surface area contributed by atoms with Crippen LogP contribution < -0.4 is 19.6 Å². The highest BCUT2D eigenvalue weighted by atomic mass is 19.4. The molecule has 9 heteroatoms. The van der Waals surface area contributed by atoms with E-state index < -0.39 is 34.7 Å². The molecule has 1 heterocycles. The van der Waals surface area contributed by atoms with E-state index in [-0.39, 0.29) is 22.3 Å². The fraction of sp³-hybridized carbons (Fsp3) is 0.200. The molecule has 0 fully saturated rings. The number of carbonyl (C=O) groups is 1. The van der Waals surface area contributed by atoms with Gasteiger partial charge in [0.25, 0.3) is 5.76 Å². The number of esters is 1. The number of hydrogen-bond acceptors (Lipinski definition) is 6. The van der Waals surface area contributed by atoms with E-state index in [1.807, 2.05) is 20.8 Å². The lowest BCUT2D eigenvalue weighted by molar-refractivity contribution is -0.154. The van der Waals surface area contributed by atoms with Gasteiger partial charge in [-0.05, 0) is 59.0 Å². The Morgan fingerprint density at radius 1 is 0.872 bits per heavy atom. The van der Waals surface area contributed by atoms with E-state index in [1.54, 1.807) is 36.4 Å². The van der Waals surface area contributed by atoms with Crippen molar-refractivity contribution < 1.29 is 36.6 Å². The van der Waals surface area contributed by atoms with Gasteiger partial charge in [0, 0.05) is 12.1 Å². The van der Waals surface area contributed by atoms with E-state index >= 15 is 0 Å². The van der Waals surface area contributed by atoms with Crippen LogP contribution >= 0.6 is 0 Å². The van der Waals surface area contributed by atoms with E-state index in [4.69, 9.17) is 18.6 Å². The Bertz CT molecular complexity index is 1580. The zero-order valence-electron chi connectivity index (χ0n) is 21.6. The van der Waals surface area contributed by atoms with Gasteiger partial charge in [-0.1, -0.05) is 45.0 Å². The second-order valence-corrected chi connectivity index (χ2v) is 9.65. The van der Waals surface area contributed by atoms with Crippen LogP contribution in [0.1, 0.15) is 37.7 Å². The first-order valence-corrected chi connectivity index (χ1v) is 11.9. The Morgan fingerprint density at radius 2 is 1.49 bits per heavy atom. The number of carbonyl (C=O) groups excluding carboxylic acids is 1. The first kappa shape index (κ1) is 27.5. The molecule has 0 N–H and O–H groups in total. The average molecular weight is 539 g/mol. The summed E-state index contributed by atoms with van der Waals surface area (Å²) >= 11 is 0. The van der Waals surface area contributed by atoms with Gasteiger partial charge in [0.1, 0.15) is 22.8 Å². The lowest BCUT2D eigenvalue weighted by atomic mass is 9.87. The first-order valence-electron chi connectivity index (χ1n) is 11.9. The van der Waals surface area contributed by atoms with Gasteiger partial charge in [0.2, 0.25) is 11.2 Å². The van der Waals surface area contributed by atoms with Crippen molar-refractivity contribution in [3.8, 4) is 23.0 Å². The quantitative estimate of drug-likeness (QED) is 0.144. The summed E-state index contributed by atoms with van der Waals surface area (Å²) < 4.78 is 62.4. The number of benzene rings is 3. The third-order valence-corrected chi connectivity index (χ3v) is 5.77. The molecule has 1 aromatic heterocycles. The summed E-state index contributed by atoms with van der Waals surface area (Å²) in [5.74, 6) is -2.75. The minimum Gasteiger partial charge on any atom is -0.497 e. The molecule has 0 aliphatic rings. The highest BCUT2D eigenvalue weighted by molar-refractivity contribution is 5.89. The van der Waals surface area contributed by atoms with Crippen molar-refractivity contribution in [2.24, 2.45) is 0 Å². The average Bonchev–Trinajstić information content (AvgIpc) is 2.88. The lowest BCUT2D eigenvalue weighted by Crippen LogP contribution is -2.16. The molecule has 0 bridgehead atoms. The summed E-state index contributed by atoms with van der Waals surface area (Å²) in [7, 11) is 1.53. The van der Waals surface area contributed by atoms with E-state index in [1.165, 1.54) is 37.5 Å².